The Bertz CT molecular complexity index is 639. The topological polar surface area (TPSA) is 0 Å². The molecule has 0 radical (unpaired) electrons. The van der Waals surface area contributed by atoms with Crippen molar-refractivity contribution in [2.75, 3.05) is 0 Å². The van der Waals surface area contributed by atoms with E-state index in [2.05, 4.69) is 56.3 Å². The third-order valence-electron chi connectivity index (χ3n) is 7.90. The lowest BCUT2D eigenvalue weighted by molar-refractivity contribution is 0.187. The van der Waals surface area contributed by atoms with Gasteiger partial charge in [0.2, 0.25) is 0 Å². The fourth-order valence-electron chi connectivity index (χ4n) is 5.77. The summed E-state index contributed by atoms with van der Waals surface area (Å²) in [7, 11) is 0. The molecule has 1 saturated carbocycles. The molecule has 1 unspecified atom stereocenters. The van der Waals surface area contributed by atoms with Crippen LogP contribution in [0.4, 0.5) is 0 Å². The molecule has 1 atom stereocenters. The molecule has 1 fully saturated rings. The van der Waals surface area contributed by atoms with E-state index in [-0.39, 0.29) is 0 Å². The molecular formula is C30H46. The van der Waals surface area contributed by atoms with Crippen LogP contribution in [0.3, 0.4) is 0 Å². The first-order chi connectivity index (χ1) is 14.8. The highest BCUT2D eigenvalue weighted by Gasteiger charge is 2.28. The van der Waals surface area contributed by atoms with E-state index in [1.165, 1.54) is 102 Å². The van der Waals surface area contributed by atoms with Crippen LogP contribution in [0.2, 0.25) is 0 Å². The van der Waals surface area contributed by atoms with Crippen molar-refractivity contribution in [1.82, 2.24) is 0 Å². The molecule has 0 spiro atoms. The molecule has 3 rings (SSSR count). The van der Waals surface area contributed by atoms with Gasteiger partial charge in [-0.05, 0) is 106 Å². The van der Waals surface area contributed by atoms with Crippen molar-refractivity contribution in [1.29, 1.82) is 0 Å². The summed E-state index contributed by atoms with van der Waals surface area (Å²) in [5.74, 6) is 2.97. The highest BCUT2D eigenvalue weighted by Crippen LogP contribution is 2.41. The highest BCUT2D eigenvalue weighted by molar-refractivity contribution is 5.22. The number of unbranched alkanes of at least 4 members (excludes halogenated alkanes) is 2. The smallest absolute Gasteiger partial charge is 0.0276 e. The molecule has 0 bridgehead atoms. The number of allylic oxidation sites excluding steroid dienone is 4. The van der Waals surface area contributed by atoms with Crippen LogP contribution >= 0.6 is 0 Å². The van der Waals surface area contributed by atoms with Crippen LogP contribution in [0.15, 0.2) is 48.1 Å². The van der Waals surface area contributed by atoms with E-state index in [4.69, 9.17) is 0 Å². The lowest BCUT2D eigenvalue weighted by atomic mass is 9.70. The van der Waals surface area contributed by atoms with Crippen LogP contribution in [0.25, 0.3) is 0 Å². The summed E-state index contributed by atoms with van der Waals surface area (Å²) in [4.78, 5) is 0. The van der Waals surface area contributed by atoms with E-state index in [1.807, 2.05) is 0 Å². The van der Waals surface area contributed by atoms with E-state index in [0.717, 1.165) is 17.8 Å². The molecule has 1 aromatic carbocycles. The average molecular weight is 407 g/mol. The molecule has 2 aliphatic carbocycles. The standard InChI is InChI=1S/C30H46/c1-3-5-7-9-25-11-13-27(14-12-25)15-16-28-19-23-30(24-20-28)29-21-17-26(18-22-29)10-8-6-4-2/h4,6,11-14,17,28-30H,3,5,7-10,15-16,18-24H2,1-2H3. The third-order valence-corrected chi connectivity index (χ3v) is 7.90. The van der Waals surface area contributed by atoms with Gasteiger partial charge in [-0.1, -0.05) is 80.7 Å². The minimum Gasteiger partial charge on any atom is -0.0917 e. The molecule has 0 aromatic heterocycles. The second-order valence-electron chi connectivity index (χ2n) is 10.1. The minimum atomic E-state index is 0.973. The molecule has 0 nitrogen and oxygen atoms in total. The highest BCUT2D eigenvalue weighted by atomic mass is 14.3. The molecule has 0 saturated heterocycles. The second-order valence-corrected chi connectivity index (χ2v) is 10.1. The molecule has 0 aliphatic heterocycles. The van der Waals surface area contributed by atoms with Gasteiger partial charge in [-0.25, -0.2) is 0 Å². The van der Waals surface area contributed by atoms with E-state index < -0.39 is 0 Å². The summed E-state index contributed by atoms with van der Waals surface area (Å²) >= 11 is 0. The van der Waals surface area contributed by atoms with Gasteiger partial charge in [-0.2, -0.15) is 0 Å². The molecule has 0 heteroatoms. The van der Waals surface area contributed by atoms with Crippen LogP contribution in [0.1, 0.15) is 108 Å². The summed E-state index contributed by atoms with van der Waals surface area (Å²) in [6.45, 7) is 4.42. The molecule has 2 aliphatic rings. The zero-order valence-electron chi connectivity index (χ0n) is 19.9. The van der Waals surface area contributed by atoms with Crippen LogP contribution in [0.5, 0.6) is 0 Å². The molecule has 0 N–H and O–H groups in total. The minimum absolute atomic E-state index is 0.973. The SMILES string of the molecule is CC=CCCC1=CCC(C2CCC(CCc3ccc(CCCCC)cc3)CC2)CC1. The second kappa shape index (κ2) is 13.2. The zero-order chi connectivity index (χ0) is 21.0. The average Bonchev–Trinajstić information content (AvgIpc) is 2.80. The monoisotopic (exact) mass is 406 g/mol. The van der Waals surface area contributed by atoms with Gasteiger partial charge < -0.3 is 0 Å². The molecule has 0 amide bonds. The summed E-state index contributed by atoms with van der Waals surface area (Å²) in [5, 5.41) is 0. The number of benzene rings is 1. The van der Waals surface area contributed by atoms with Crippen molar-refractivity contribution in [3.8, 4) is 0 Å². The molecule has 1 aromatic rings. The summed E-state index contributed by atoms with van der Waals surface area (Å²) in [6, 6.07) is 9.56. The fourth-order valence-corrected chi connectivity index (χ4v) is 5.77. The number of aryl methyl sites for hydroxylation is 2. The third kappa shape index (κ3) is 7.75. The van der Waals surface area contributed by atoms with Gasteiger partial charge in [0, 0.05) is 0 Å². The quantitative estimate of drug-likeness (QED) is 0.254. The lowest BCUT2D eigenvalue weighted by Gasteiger charge is -2.35. The maximum Gasteiger partial charge on any atom is -0.0276 e. The number of rotatable bonds is 11. The van der Waals surface area contributed by atoms with E-state index in [1.54, 1.807) is 11.1 Å². The van der Waals surface area contributed by atoms with Gasteiger partial charge >= 0.3 is 0 Å². The van der Waals surface area contributed by atoms with Crippen molar-refractivity contribution in [3.63, 3.8) is 0 Å². The van der Waals surface area contributed by atoms with Crippen molar-refractivity contribution in [2.24, 2.45) is 17.8 Å². The van der Waals surface area contributed by atoms with E-state index in [9.17, 15) is 0 Å². The van der Waals surface area contributed by atoms with Crippen molar-refractivity contribution in [3.05, 3.63) is 59.2 Å². The first-order valence-electron chi connectivity index (χ1n) is 13.1. The van der Waals surface area contributed by atoms with Gasteiger partial charge in [-0.3, -0.25) is 0 Å². The zero-order valence-corrected chi connectivity index (χ0v) is 19.9. The van der Waals surface area contributed by atoms with Gasteiger partial charge in [0.05, 0.1) is 0 Å². The van der Waals surface area contributed by atoms with E-state index in [0.29, 0.717) is 0 Å². The molecule has 30 heavy (non-hydrogen) atoms. The fraction of sp³-hybridized carbons (Fsp3) is 0.667. The van der Waals surface area contributed by atoms with Gasteiger partial charge in [0.1, 0.15) is 0 Å². The summed E-state index contributed by atoms with van der Waals surface area (Å²) in [6.07, 6.45) is 27.7. The number of hydrogen-bond acceptors (Lipinski definition) is 0. The van der Waals surface area contributed by atoms with Crippen LogP contribution in [0, 0.1) is 17.8 Å². The Balaban J connectivity index is 1.33. The maximum absolute atomic E-state index is 2.61. The van der Waals surface area contributed by atoms with E-state index >= 15 is 0 Å². The van der Waals surface area contributed by atoms with Gasteiger partial charge in [0.15, 0.2) is 0 Å². The van der Waals surface area contributed by atoms with Gasteiger partial charge in [0.25, 0.3) is 0 Å². The largest absolute Gasteiger partial charge is 0.0917 e. The first-order valence-corrected chi connectivity index (χ1v) is 13.1. The van der Waals surface area contributed by atoms with Crippen molar-refractivity contribution < 1.29 is 0 Å². The Morgan fingerprint density at radius 3 is 2.20 bits per heavy atom. The Hall–Kier alpha value is -1.30. The predicted molar refractivity (Wildman–Crippen MR) is 133 cm³/mol. The molecular weight excluding hydrogens is 360 g/mol. The predicted octanol–water partition coefficient (Wildman–Crippen LogP) is 9.24. The van der Waals surface area contributed by atoms with Crippen molar-refractivity contribution in [2.45, 2.75) is 110 Å². The van der Waals surface area contributed by atoms with Crippen LogP contribution < -0.4 is 0 Å². The summed E-state index contributed by atoms with van der Waals surface area (Å²) < 4.78 is 0. The summed E-state index contributed by atoms with van der Waals surface area (Å²) in [5.41, 5.74) is 4.81. The number of hydrogen-bond donors (Lipinski definition) is 0. The van der Waals surface area contributed by atoms with Crippen molar-refractivity contribution >= 4 is 0 Å². The van der Waals surface area contributed by atoms with Gasteiger partial charge in [-0.15, -0.1) is 0 Å². The molecule has 0 heterocycles. The maximum atomic E-state index is 2.61. The lowest BCUT2D eigenvalue weighted by Crippen LogP contribution is -2.23. The molecule has 166 valence electrons. The van der Waals surface area contributed by atoms with Crippen LogP contribution in [-0.2, 0) is 12.8 Å². The van der Waals surface area contributed by atoms with Crippen LogP contribution in [-0.4, -0.2) is 0 Å². The Morgan fingerprint density at radius 2 is 1.57 bits per heavy atom. The Labute approximate surface area is 187 Å². The first kappa shape index (κ1) is 23.4. The normalized spacial score (nSPS) is 24.9. The Kier molecular flexibility index (Phi) is 10.3. The Morgan fingerprint density at radius 1 is 0.833 bits per heavy atom.